The summed E-state index contributed by atoms with van der Waals surface area (Å²) in [5.41, 5.74) is 8.41. The maximum absolute atomic E-state index is 12.0. The number of aliphatic hydroxyl groups is 4. The van der Waals surface area contributed by atoms with E-state index in [1.54, 1.807) is 42.5 Å². The second-order valence-electron chi connectivity index (χ2n) is 10.6. The number of ether oxygens (including phenoxy) is 3. The molecule has 3 aromatic carbocycles. The van der Waals surface area contributed by atoms with Gasteiger partial charge in [-0.3, -0.25) is 4.79 Å². The fourth-order valence-corrected chi connectivity index (χ4v) is 4.75. The van der Waals surface area contributed by atoms with Crippen LogP contribution in [-0.2, 0) is 27.1 Å². The summed E-state index contributed by atoms with van der Waals surface area (Å²) in [7, 11) is 0. The van der Waals surface area contributed by atoms with Crippen molar-refractivity contribution < 1.29 is 57.7 Å². The third-order valence-electron chi connectivity index (χ3n) is 6.99. The first-order chi connectivity index (χ1) is 21.8. The molecule has 3 aromatic rings. The summed E-state index contributed by atoms with van der Waals surface area (Å²) in [6.07, 6.45) is -9.89. The maximum atomic E-state index is 12.0. The van der Waals surface area contributed by atoms with E-state index in [0.717, 1.165) is 11.1 Å². The van der Waals surface area contributed by atoms with Gasteiger partial charge in [-0.1, -0.05) is 66.2 Å². The van der Waals surface area contributed by atoms with Crippen LogP contribution in [0.3, 0.4) is 0 Å². The number of benzene rings is 3. The number of aliphatic carboxylic acids is 1. The molecule has 1 aliphatic rings. The summed E-state index contributed by atoms with van der Waals surface area (Å²) in [6.45, 7) is -2.06. The van der Waals surface area contributed by atoms with Crippen LogP contribution in [0.2, 0.25) is 5.02 Å². The van der Waals surface area contributed by atoms with Gasteiger partial charge in [0.2, 0.25) is 0 Å². The molecular weight excluding hydrogens is 635 g/mol. The highest BCUT2D eigenvalue weighted by atomic mass is 35.5. The maximum Gasteiger partial charge on any atom is 0.411 e. The fourth-order valence-electron chi connectivity index (χ4n) is 4.57. The molecule has 1 saturated heterocycles. The number of aliphatic hydroxyl groups excluding tert-OH is 4. The highest BCUT2D eigenvalue weighted by Gasteiger charge is 2.44. The molecule has 0 radical (unpaired) electrons. The summed E-state index contributed by atoms with van der Waals surface area (Å²) < 4.78 is 51.6. The Labute approximate surface area is 268 Å². The first-order valence-corrected chi connectivity index (χ1v) is 14.6. The van der Waals surface area contributed by atoms with Crippen LogP contribution in [-0.4, -0.2) is 94.6 Å². The highest BCUT2D eigenvalue weighted by Crippen LogP contribution is 2.34. The van der Waals surface area contributed by atoms with Gasteiger partial charge in [-0.15, -0.1) is 0 Å². The molecule has 0 bridgehead atoms. The smallest absolute Gasteiger partial charge is 0.411 e. The largest absolute Gasteiger partial charge is 0.491 e. The minimum Gasteiger partial charge on any atom is -0.491 e. The van der Waals surface area contributed by atoms with Crippen LogP contribution in [0.25, 0.3) is 0 Å². The first kappa shape index (κ1) is 37.2. The standard InChI is InChI=1S/C23H26ClF3O7.C9H11NO2/c24-17-6-3-14(22-21(31)20(30)19(29)18(11-28)34-22)10-15(17)9-13-1-4-16(5-2-13)33-8-7-32-12-23(25,26)27;10-8(9(11)12)6-7-4-2-1-3-5-7/h1-6,10,18-22,28-31H,7-9,11-12H2;1-5,8H,6,10H2,(H,11,12)/t18-,19-,20+,21-,22+;8-/m10/s1. The summed E-state index contributed by atoms with van der Waals surface area (Å²) in [6, 6.07) is 20.4. The molecule has 4 rings (SSSR count). The number of rotatable bonds is 12. The van der Waals surface area contributed by atoms with Crippen molar-refractivity contribution in [2.75, 3.05) is 26.4 Å². The molecule has 6 atom stereocenters. The van der Waals surface area contributed by atoms with Crippen LogP contribution in [0.4, 0.5) is 13.2 Å². The highest BCUT2D eigenvalue weighted by molar-refractivity contribution is 6.31. The normalized spacial score (nSPS) is 22.0. The summed E-state index contributed by atoms with van der Waals surface area (Å²) in [5.74, 6) is -0.487. The SMILES string of the molecule is N[C@@H](Cc1ccccc1)C(=O)O.OC[C@H]1O[C@@H](c2ccc(Cl)c(Cc3ccc(OCCOCC(F)(F)F)cc3)c2)[C@H](O)[C@@H](O)[C@@H]1O. The number of hydrogen-bond donors (Lipinski definition) is 6. The van der Waals surface area contributed by atoms with Gasteiger partial charge in [0.15, 0.2) is 0 Å². The van der Waals surface area contributed by atoms with E-state index in [1.165, 1.54) is 0 Å². The third-order valence-corrected chi connectivity index (χ3v) is 7.35. The van der Waals surface area contributed by atoms with Gasteiger partial charge in [0.1, 0.15) is 55.5 Å². The molecule has 0 aromatic heterocycles. The van der Waals surface area contributed by atoms with Crippen LogP contribution in [0.5, 0.6) is 5.75 Å². The molecule has 0 unspecified atom stereocenters. The van der Waals surface area contributed by atoms with Gasteiger partial charge in [-0.25, -0.2) is 0 Å². The Morgan fingerprint density at radius 2 is 1.61 bits per heavy atom. The van der Waals surface area contributed by atoms with Crippen molar-refractivity contribution in [3.63, 3.8) is 0 Å². The lowest BCUT2D eigenvalue weighted by atomic mass is 9.90. The van der Waals surface area contributed by atoms with Crippen molar-refractivity contribution in [3.8, 4) is 5.75 Å². The summed E-state index contributed by atoms with van der Waals surface area (Å²) in [5, 5.41) is 48.8. The van der Waals surface area contributed by atoms with Crippen molar-refractivity contribution in [1.82, 2.24) is 0 Å². The van der Waals surface area contributed by atoms with Crippen molar-refractivity contribution in [2.45, 2.75) is 55.6 Å². The molecule has 46 heavy (non-hydrogen) atoms. The number of carboxylic acid groups (broad SMARTS) is 1. The Morgan fingerprint density at radius 1 is 0.935 bits per heavy atom. The van der Waals surface area contributed by atoms with Gasteiger partial charge >= 0.3 is 12.1 Å². The van der Waals surface area contributed by atoms with E-state index in [4.69, 9.17) is 31.9 Å². The Balaban J connectivity index is 0.000000402. The van der Waals surface area contributed by atoms with E-state index in [2.05, 4.69) is 4.74 Å². The molecule has 10 nitrogen and oxygen atoms in total. The number of carboxylic acids is 1. The Kier molecular flexibility index (Phi) is 14.2. The molecular formula is C32H37ClF3NO9. The number of carbonyl (C=O) groups is 1. The number of nitrogens with two attached hydrogens (primary N) is 1. The zero-order valence-corrected chi connectivity index (χ0v) is 25.3. The van der Waals surface area contributed by atoms with Crippen molar-refractivity contribution in [3.05, 3.63) is 100 Å². The average Bonchev–Trinajstić information content (AvgIpc) is 3.02. The van der Waals surface area contributed by atoms with Gasteiger partial charge in [0.25, 0.3) is 0 Å². The predicted octanol–water partition coefficient (Wildman–Crippen LogP) is 3.04. The number of hydrogen-bond acceptors (Lipinski definition) is 9. The van der Waals surface area contributed by atoms with Crippen LogP contribution < -0.4 is 10.5 Å². The molecule has 1 heterocycles. The van der Waals surface area contributed by atoms with Crippen LogP contribution in [0.15, 0.2) is 72.8 Å². The minimum absolute atomic E-state index is 0.0254. The molecule has 0 aliphatic carbocycles. The van der Waals surface area contributed by atoms with E-state index in [-0.39, 0.29) is 13.2 Å². The van der Waals surface area contributed by atoms with Crippen molar-refractivity contribution in [2.24, 2.45) is 5.73 Å². The van der Waals surface area contributed by atoms with Gasteiger partial charge in [-0.05, 0) is 53.3 Å². The van der Waals surface area contributed by atoms with Gasteiger partial charge in [0, 0.05) is 5.02 Å². The monoisotopic (exact) mass is 671 g/mol. The molecule has 252 valence electrons. The average molecular weight is 672 g/mol. The summed E-state index contributed by atoms with van der Waals surface area (Å²) in [4.78, 5) is 10.4. The predicted molar refractivity (Wildman–Crippen MR) is 162 cm³/mol. The lowest BCUT2D eigenvalue weighted by molar-refractivity contribution is -0.231. The quantitative estimate of drug-likeness (QED) is 0.157. The van der Waals surface area contributed by atoms with Gasteiger partial charge < -0.3 is 45.5 Å². The van der Waals surface area contributed by atoms with Crippen LogP contribution in [0.1, 0.15) is 28.4 Å². The molecule has 1 fully saturated rings. The van der Waals surface area contributed by atoms with Crippen molar-refractivity contribution >= 4 is 17.6 Å². The van der Waals surface area contributed by atoms with E-state index in [1.807, 2.05) is 30.3 Å². The van der Waals surface area contributed by atoms with E-state index >= 15 is 0 Å². The topological polar surface area (TPSA) is 172 Å². The lowest BCUT2D eigenvalue weighted by Crippen LogP contribution is -2.55. The van der Waals surface area contributed by atoms with E-state index in [9.17, 15) is 38.4 Å². The molecule has 14 heteroatoms. The lowest BCUT2D eigenvalue weighted by Gasteiger charge is -2.40. The van der Waals surface area contributed by atoms with Gasteiger partial charge in [-0.2, -0.15) is 13.2 Å². The molecule has 0 amide bonds. The van der Waals surface area contributed by atoms with Crippen molar-refractivity contribution in [1.29, 1.82) is 0 Å². The molecule has 0 saturated carbocycles. The van der Waals surface area contributed by atoms with Crippen LogP contribution in [0, 0.1) is 0 Å². The minimum atomic E-state index is -4.37. The zero-order chi connectivity index (χ0) is 33.9. The number of halogens is 4. The summed E-state index contributed by atoms with van der Waals surface area (Å²) >= 11 is 6.34. The second kappa shape index (κ2) is 17.6. The molecule has 7 N–H and O–H groups in total. The Bertz CT molecular complexity index is 1360. The third kappa shape index (κ3) is 11.5. The van der Waals surface area contributed by atoms with Gasteiger partial charge in [0.05, 0.1) is 13.2 Å². The molecule has 1 aliphatic heterocycles. The Hall–Kier alpha value is -3.27. The Morgan fingerprint density at radius 3 is 2.22 bits per heavy atom. The fraction of sp³-hybridized carbons (Fsp3) is 0.406. The molecule has 0 spiro atoms. The van der Waals surface area contributed by atoms with E-state index in [0.29, 0.717) is 34.7 Å². The zero-order valence-electron chi connectivity index (χ0n) is 24.6. The first-order valence-electron chi connectivity index (χ1n) is 14.3. The van der Waals surface area contributed by atoms with Crippen LogP contribution >= 0.6 is 11.6 Å². The number of alkyl halides is 3. The second-order valence-corrected chi connectivity index (χ2v) is 11.0. The van der Waals surface area contributed by atoms with E-state index < -0.39 is 61.9 Å².